The summed E-state index contributed by atoms with van der Waals surface area (Å²) in [5.74, 6) is -0.489. The molecule has 17 nitrogen and oxygen atoms in total. The van der Waals surface area contributed by atoms with Crippen LogP contribution in [0.5, 0.6) is 11.6 Å². The lowest BCUT2D eigenvalue weighted by atomic mass is 9.72. The fourth-order valence-electron chi connectivity index (χ4n) is 10.1. The molecule has 0 bridgehead atoms. The van der Waals surface area contributed by atoms with Gasteiger partial charge in [-0.15, -0.1) is 0 Å². The van der Waals surface area contributed by atoms with Crippen molar-refractivity contribution in [1.29, 1.82) is 0 Å². The van der Waals surface area contributed by atoms with E-state index in [-0.39, 0.29) is 41.7 Å². The number of allylic oxidation sites excluding steroid dienone is 1. The number of ether oxygens (including phenoxy) is 2. The van der Waals surface area contributed by atoms with Crippen LogP contribution in [0.1, 0.15) is 49.0 Å². The Morgan fingerprint density at radius 3 is 2.47 bits per heavy atom. The number of piperazine rings is 2. The number of hydrogen-bond acceptors (Lipinski definition) is 14. The Hall–Kier alpha value is -5.92. The van der Waals surface area contributed by atoms with Crippen molar-refractivity contribution in [3.8, 4) is 11.6 Å². The number of fused-ring (bicyclic) bond motifs is 3. The number of aromatic nitrogens is 2. The minimum Gasteiger partial charge on any atom is -0.489 e. The first-order valence-corrected chi connectivity index (χ1v) is 25.2. The molecule has 4 aliphatic heterocycles. The average Bonchev–Trinajstić information content (AvgIpc) is 3.79. The highest BCUT2D eigenvalue weighted by molar-refractivity contribution is 7.90. The molecule has 2 aromatic heterocycles. The van der Waals surface area contributed by atoms with Gasteiger partial charge in [-0.25, -0.2) is 13.1 Å². The van der Waals surface area contributed by atoms with Crippen molar-refractivity contribution in [3.05, 3.63) is 105 Å². The number of H-pyrrole nitrogens is 1. The molecule has 0 spiro atoms. The number of carbonyl (C=O) groups excluding carboxylic acids is 1. The van der Waals surface area contributed by atoms with Gasteiger partial charge in [-0.3, -0.25) is 24.7 Å². The minimum atomic E-state index is -4.66. The summed E-state index contributed by atoms with van der Waals surface area (Å²) in [5, 5.41) is 17.3. The maximum atomic E-state index is 14.5. The number of hydrogen-bond donors (Lipinski definition) is 3. The molecule has 19 heteroatoms. The van der Waals surface area contributed by atoms with Gasteiger partial charge in [0.15, 0.2) is 11.4 Å². The lowest BCUT2D eigenvalue weighted by Crippen LogP contribution is -2.50. The number of nitrogens with zero attached hydrogens (tertiary/aromatic N) is 7. The van der Waals surface area contributed by atoms with Crippen LogP contribution in [0.15, 0.2) is 83.4 Å². The van der Waals surface area contributed by atoms with Gasteiger partial charge in [-0.1, -0.05) is 43.2 Å². The third-order valence-corrected chi connectivity index (χ3v) is 15.6. The van der Waals surface area contributed by atoms with E-state index in [2.05, 4.69) is 67.7 Å². The fraction of sp³-hybridized carbons (Fsp3) is 0.429. The van der Waals surface area contributed by atoms with Gasteiger partial charge in [-0.05, 0) is 85.3 Å². The summed E-state index contributed by atoms with van der Waals surface area (Å²) in [4.78, 5) is 44.9. The van der Waals surface area contributed by atoms with Crippen LogP contribution in [0.2, 0.25) is 5.02 Å². The molecule has 3 N–H and O–H groups in total. The molecular formula is C49H57ClN10O7S. The smallest absolute Gasteiger partial charge is 0.297 e. The van der Waals surface area contributed by atoms with Gasteiger partial charge in [0.05, 0.1) is 33.7 Å². The number of nitro benzene ring substituents is 1. The number of aromatic amines is 1. The second kappa shape index (κ2) is 18.5. The Morgan fingerprint density at radius 1 is 0.941 bits per heavy atom. The fourth-order valence-corrected chi connectivity index (χ4v) is 11.3. The number of sulfonamides is 1. The molecule has 68 heavy (non-hydrogen) atoms. The molecule has 2 fully saturated rings. The first kappa shape index (κ1) is 45.8. The van der Waals surface area contributed by atoms with Crippen LogP contribution in [0, 0.1) is 15.5 Å². The number of likely N-dealkylation sites (N-methyl/N-ethyl adjacent to an activating group) is 1. The maximum absolute atomic E-state index is 14.5. The normalized spacial score (nSPS) is 20.3. The molecule has 0 unspecified atom stereocenters. The second-order valence-corrected chi connectivity index (χ2v) is 21.5. The van der Waals surface area contributed by atoms with Gasteiger partial charge in [-0.2, -0.15) is 4.98 Å². The standard InChI is InChI=1S/C49H57ClN10O7S/c1-49(2)12-10-34(40(28-49)32-4-6-35(50)7-5-32)29-56-18-20-58(21-19-56)37-8-9-39(41(25-37)59-22-23-66-48-43(59)24-33-11-13-51-46(33)53-48)47(61)54-68(64,65)38-26-42(60(62)63)45-44(27-38)67-31-36(52-45)30-57-16-14-55(3)15-17-57/h4-9,11,13,24-27,36,52H,10,12,14-23,28-31H2,1-3H3,(H,51,53)(H,54,61)/t36-/m0/s1. The number of anilines is 4. The van der Waals surface area contributed by atoms with Crippen molar-refractivity contribution in [2.24, 2.45) is 5.41 Å². The Bertz CT molecular complexity index is 2890. The Labute approximate surface area is 401 Å². The zero-order chi connectivity index (χ0) is 47.3. The van der Waals surface area contributed by atoms with Gasteiger partial charge in [0, 0.05) is 99.9 Å². The largest absolute Gasteiger partial charge is 0.489 e. The van der Waals surface area contributed by atoms with Crippen molar-refractivity contribution >= 4 is 72.6 Å². The summed E-state index contributed by atoms with van der Waals surface area (Å²) >= 11 is 6.28. The molecule has 10 rings (SSSR count). The average molecular weight is 966 g/mol. The summed E-state index contributed by atoms with van der Waals surface area (Å²) in [6.07, 6.45) is 4.99. The molecule has 1 amide bonds. The molecule has 5 aliphatic rings. The highest BCUT2D eigenvalue weighted by Gasteiger charge is 2.35. The van der Waals surface area contributed by atoms with E-state index in [0.717, 1.165) is 100 Å². The lowest BCUT2D eigenvalue weighted by molar-refractivity contribution is -0.384. The summed E-state index contributed by atoms with van der Waals surface area (Å²) in [7, 11) is -2.59. The molecule has 358 valence electrons. The van der Waals surface area contributed by atoms with E-state index < -0.39 is 31.4 Å². The predicted octanol–water partition coefficient (Wildman–Crippen LogP) is 6.98. The van der Waals surface area contributed by atoms with Crippen molar-refractivity contribution < 1.29 is 27.6 Å². The van der Waals surface area contributed by atoms with Crippen LogP contribution in [-0.2, 0) is 10.0 Å². The topological polar surface area (TPSA) is 182 Å². The van der Waals surface area contributed by atoms with Crippen LogP contribution >= 0.6 is 11.6 Å². The zero-order valence-corrected chi connectivity index (χ0v) is 40.2. The Kier molecular flexibility index (Phi) is 12.5. The Morgan fingerprint density at radius 2 is 1.71 bits per heavy atom. The van der Waals surface area contributed by atoms with Crippen molar-refractivity contribution in [2.75, 3.05) is 107 Å². The van der Waals surface area contributed by atoms with Crippen molar-refractivity contribution in [3.63, 3.8) is 0 Å². The van der Waals surface area contributed by atoms with E-state index >= 15 is 0 Å². The summed E-state index contributed by atoms with van der Waals surface area (Å²) < 4.78 is 42.6. The van der Waals surface area contributed by atoms with E-state index in [1.807, 2.05) is 41.3 Å². The highest BCUT2D eigenvalue weighted by Crippen LogP contribution is 2.45. The number of pyridine rings is 1. The molecule has 3 aromatic carbocycles. The van der Waals surface area contributed by atoms with E-state index in [1.165, 1.54) is 22.8 Å². The van der Waals surface area contributed by atoms with Gasteiger partial charge < -0.3 is 34.5 Å². The number of rotatable bonds is 11. The molecule has 1 atom stereocenters. The number of halogens is 1. The number of amides is 1. The third kappa shape index (κ3) is 9.56. The SMILES string of the molecule is CN1CCN(C[C@H]2COc3cc(S(=O)(=O)NC(=O)c4ccc(N5CCN(CC6=C(c7ccc(Cl)cc7)CC(C)(C)CC6)CC5)cc4N4CCOc5nc6[nH]ccc6cc54)cc([N+](=O)[O-])c3N2)CC1. The van der Waals surface area contributed by atoms with Crippen LogP contribution in [-0.4, -0.2) is 142 Å². The Balaban J connectivity index is 0.911. The molecule has 2 saturated heterocycles. The van der Waals surface area contributed by atoms with Gasteiger partial charge in [0.2, 0.25) is 5.88 Å². The van der Waals surface area contributed by atoms with E-state index in [9.17, 15) is 23.3 Å². The number of nitro groups is 1. The number of nitrogens with one attached hydrogen (secondary N) is 3. The highest BCUT2D eigenvalue weighted by atomic mass is 35.5. The minimum absolute atomic E-state index is 0.0293. The van der Waals surface area contributed by atoms with Gasteiger partial charge in [0.1, 0.15) is 24.5 Å². The van der Waals surface area contributed by atoms with E-state index in [1.54, 1.807) is 12.3 Å². The molecule has 0 radical (unpaired) electrons. The molecular weight excluding hydrogens is 908 g/mol. The van der Waals surface area contributed by atoms with E-state index in [4.69, 9.17) is 26.1 Å². The monoisotopic (exact) mass is 964 g/mol. The lowest BCUT2D eigenvalue weighted by Gasteiger charge is -2.39. The molecule has 5 aromatic rings. The number of benzene rings is 3. The molecule has 0 saturated carbocycles. The predicted molar refractivity (Wildman–Crippen MR) is 264 cm³/mol. The second-order valence-electron chi connectivity index (χ2n) is 19.4. The molecule has 1 aliphatic carbocycles. The quantitative estimate of drug-likeness (QED) is 0.0911. The zero-order valence-electron chi connectivity index (χ0n) is 38.6. The van der Waals surface area contributed by atoms with Crippen molar-refractivity contribution in [1.82, 2.24) is 29.4 Å². The van der Waals surface area contributed by atoms with Crippen LogP contribution in [0.4, 0.5) is 28.4 Å². The number of carbonyl (C=O) groups is 1. The first-order chi connectivity index (χ1) is 32.7. The van der Waals surface area contributed by atoms with Gasteiger partial charge >= 0.3 is 0 Å². The van der Waals surface area contributed by atoms with Crippen LogP contribution in [0.25, 0.3) is 16.6 Å². The van der Waals surface area contributed by atoms with Crippen molar-refractivity contribution in [2.45, 2.75) is 44.0 Å². The molecule has 6 heterocycles. The summed E-state index contributed by atoms with van der Waals surface area (Å²) in [5.41, 5.74) is 6.72. The van der Waals surface area contributed by atoms with Gasteiger partial charge in [0.25, 0.3) is 21.6 Å². The summed E-state index contributed by atoms with van der Waals surface area (Å²) in [6.45, 7) is 13.7. The maximum Gasteiger partial charge on any atom is 0.297 e. The third-order valence-electron chi connectivity index (χ3n) is 14.0. The van der Waals surface area contributed by atoms with Crippen LogP contribution in [0.3, 0.4) is 0 Å². The van der Waals surface area contributed by atoms with Crippen LogP contribution < -0.4 is 29.3 Å². The van der Waals surface area contributed by atoms with E-state index in [0.29, 0.717) is 36.0 Å². The first-order valence-electron chi connectivity index (χ1n) is 23.3. The summed E-state index contributed by atoms with van der Waals surface area (Å²) in [6, 6.07) is 19.4.